The summed E-state index contributed by atoms with van der Waals surface area (Å²) in [5.74, 6) is -0.401. The van der Waals surface area contributed by atoms with Crippen molar-refractivity contribution in [3.63, 3.8) is 0 Å². The molecule has 1 heterocycles. The maximum Gasteiger partial charge on any atom is 0.308 e. The van der Waals surface area contributed by atoms with Gasteiger partial charge in [0, 0.05) is 18.8 Å². The molecule has 1 unspecified atom stereocenters. The lowest BCUT2D eigenvalue weighted by atomic mass is 10.1. The smallest absolute Gasteiger partial charge is 0.308 e. The third-order valence-corrected chi connectivity index (χ3v) is 2.34. The standard InChI is InChI=1S/C12H19N3O3/c1-4-9(11(16)17)7-14-12-13-6-5-10(15-12)18-8(2)3/h5-6,8-9H,4,7H2,1-3H3,(H,16,17)(H,13,14,15). The van der Waals surface area contributed by atoms with Crippen LogP contribution >= 0.6 is 0 Å². The van der Waals surface area contributed by atoms with Crippen LogP contribution in [0.25, 0.3) is 0 Å². The van der Waals surface area contributed by atoms with E-state index in [9.17, 15) is 4.79 Å². The number of anilines is 1. The molecule has 1 aromatic rings. The molecule has 0 saturated carbocycles. The molecule has 0 fully saturated rings. The fourth-order valence-corrected chi connectivity index (χ4v) is 1.36. The zero-order chi connectivity index (χ0) is 13.5. The van der Waals surface area contributed by atoms with E-state index in [0.717, 1.165) is 0 Å². The summed E-state index contributed by atoms with van der Waals surface area (Å²) in [4.78, 5) is 19.0. The minimum atomic E-state index is -0.820. The average molecular weight is 253 g/mol. The van der Waals surface area contributed by atoms with Crippen molar-refractivity contribution in [2.75, 3.05) is 11.9 Å². The molecule has 1 atom stereocenters. The van der Waals surface area contributed by atoms with Gasteiger partial charge in [-0.1, -0.05) is 6.92 Å². The van der Waals surface area contributed by atoms with Crippen molar-refractivity contribution in [1.82, 2.24) is 9.97 Å². The zero-order valence-corrected chi connectivity index (χ0v) is 10.9. The lowest BCUT2D eigenvalue weighted by molar-refractivity contribution is -0.141. The molecule has 0 aliphatic heterocycles. The summed E-state index contributed by atoms with van der Waals surface area (Å²) < 4.78 is 5.43. The van der Waals surface area contributed by atoms with Crippen molar-refractivity contribution in [2.24, 2.45) is 5.92 Å². The molecule has 0 saturated heterocycles. The van der Waals surface area contributed by atoms with E-state index in [-0.39, 0.29) is 6.10 Å². The second-order valence-electron chi connectivity index (χ2n) is 4.21. The van der Waals surface area contributed by atoms with E-state index >= 15 is 0 Å². The molecule has 0 amide bonds. The first-order chi connectivity index (χ1) is 8.52. The fraction of sp³-hybridized carbons (Fsp3) is 0.583. The van der Waals surface area contributed by atoms with Crippen LogP contribution in [0.3, 0.4) is 0 Å². The van der Waals surface area contributed by atoms with Crippen molar-refractivity contribution < 1.29 is 14.6 Å². The van der Waals surface area contributed by atoms with Crippen LogP contribution in [0.4, 0.5) is 5.95 Å². The highest BCUT2D eigenvalue weighted by atomic mass is 16.5. The van der Waals surface area contributed by atoms with Gasteiger partial charge in [-0.05, 0) is 20.3 Å². The first-order valence-electron chi connectivity index (χ1n) is 5.99. The summed E-state index contributed by atoms with van der Waals surface area (Å²) >= 11 is 0. The first-order valence-corrected chi connectivity index (χ1v) is 5.99. The Morgan fingerprint density at radius 3 is 2.83 bits per heavy atom. The average Bonchev–Trinajstić information content (AvgIpc) is 2.29. The number of hydrogen-bond acceptors (Lipinski definition) is 5. The number of carbonyl (C=O) groups is 1. The van der Waals surface area contributed by atoms with Gasteiger partial charge in [-0.3, -0.25) is 4.79 Å². The maximum absolute atomic E-state index is 10.9. The molecule has 1 rings (SSSR count). The van der Waals surface area contributed by atoms with Gasteiger partial charge in [0.25, 0.3) is 0 Å². The molecule has 0 spiro atoms. The van der Waals surface area contributed by atoms with Crippen LogP contribution in [-0.4, -0.2) is 33.7 Å². The van der Waals surface area contributed by atoms with Crippen LogP contribution in [0.1, 0.15) is 27.2 Å². The maximum atomic E-state index is 10.9. The van der Waals surface area contributed by atoms with E-state index in [2.05, 4.69) is 15.3 Å². The number of aliphatic carboxylic acids is 1. The summed E-state index contributed by atoms with van der Waals surface area (Å²) in [5, 5.41) is 11.8. The molecule has 100 valence electrons. The number of rotatable bonds is 7. The van der Waals surface area contributed by atoms with Crippen molar-refractivity contribution >= 4 is 11.9 Å². The number of aromatic nitrogens is 2. The highest BCUT2D eigenvalue weighted by molar-refractivity contribution is 5.70. The molecule has 0 aliphatic rings. The van der Waals surface area contributed by atoms with Gasteiger partial charge in [-0.2, -0.15) is 4.98 Å². The SMILES string of the molecule is CCC(CNc1nccc(OC(C)C)n1)C(=O)O. The van der Waals surface area contributed by atoms with Crippen LogP contribution in [0.5, 0.6) is 5.88 Å². The minimum absolute atomic E-state index is 0.0372. The van der Waals surface area contributed by atoms with E-state index < -0.39 is 11.9 Å². The molecule has 0 aromatic carbocycles. The second-order valence-corrected chi connectivity index (χ2v) is 4.21. The number of hydrogen-bond donors (Lipinski definition) is 2. The Bertz CT molecular complexity index is 396. The summed E-state index contributed by atoms with van der Waals surface area (Å²) in [7, 11) is 0. The number of ether oxygens (including phenoxy) is 1. The quantitative estimate of drug-likeness (QED) is 0.770. The third kappa shape index (κ3) is 4.57. The predicted molar refractivity (Wildman–Crippen MR) is 67.7 cm³/mol. The Kier molecular flexibility index (Phi) is 5.35. The van der Waals surface area contributed by atoms with Crippen molar-refractivity contribution in [2.45, 2.75) is 33.3 Å². The zero-order valence-electron chi connectivity index (χ0n) is 10.9. The van der Waals surface area contributed by atoms with Crippen LogP contribution in [0, 0.1) is 5.92 Å². The van der Waals surface area contributed by atoms with Crippen molar-refractivity contribution in [3.05, 3.63) is 12.3 Å². The lowest BCUT2D eigenvalue weighted by Crippen LogP contribution is -2.23. The Labute approximate surface area is 106 Å². The van der Waals surface area contributed by atoms with Gasteiger partial charge in [0.15, 0.2) is 0 Å². The highest BCUT2D eigenvalue weighted by Crippen LogP contribution is 2.11. The number of carboxylic acid groups (broad SMARTS) is 1. The Hall–Kier alpha value is -1.85. The molecular formula is C12H19N3O3. The van der Waals surface area contributed by atoms with Gasteiger partial charge >= 0.3 is 5.97 Å². The molecule has 0 aliphatic carbocycles. The number of nitrogens with zero attached hydrogens (tertiary/aromatic N) is 2. The highest BCUT2D eigenvalue weighted by Gasteiger charge is 2.15. The van der Waals surface area contributed by atoms with Gasteiger partial charge < -0.3 is 15.2 Å². The molecular weight excluding hydrogens is 234 g/mol. The van der Waals surface area contributed by atoms with Gasteiger partial charge in [-0.15, -0.1) is 0 Å². The summed E-state index contributed by atoms with van der Waals surface area (Å²) in [6.07, 6.45) is 2.18. The predicted octanol–water partition coefficient (Wildman–Crippen LogP) is 1.79. The largest absolute Gasteiger partial charge is 0.481 e. The topological polar surface area (TPSA) is 84.3 Å². The fourth-order valence-electron chi connectivity index (χ4n) is 1.36. The second kappa shape index (κ2) is 6.78. The van der Waals surface area contributed by atoms with E-state index in [0.29, 0.717) is 24.8 Å². The normalized spacial score (nSPS) is 12.2. The van der Waals surface area contributed by atoms with Gasteiger partial charge in [0.2, 0.25) is 11.8 Å². The molecule has 6 heteroatoms. The van der Waals surface area contributed by atoms with Gasteiger partial charge in [-0.25, -0.2) is 4.98 Å². The summed E-state index contributed by atoms with van der Waals surface area (Å²) in [6.45, 7) is 5.95. The van der Waals surface area contributed by atoms with E-state index in [1.807, 2.05) is 20.8 Å². The number of nitrogens with one attached hydrogen (secondary N) is 1. The Balaban J connectivity index is 2.59. The minimum Gasteiger partial charge on any atom is -0.481 e. The van der Waals surface area contributed by atoms with Crippen LogP contribution in [-0.2, 0) is 4.79 Å². The van der Waals surface area contributed by atoms with Crippen LogP contribution in [0.2, 0.25) is 0 Å². The van der Waals surface area contributed by atoms with E-state index in [1.165, 1.54) is 0 Å². The Morgan fingerprint density at radius 2 is 2.28 bits per heavy atom. The van der Waals surface area contributed by atoms with Crippen LogP contribution in [0.15, 0.2) is 12.3 Å². The molecule has 18 heavy (non-hydrogen) atoms. The van der Waals surface area contributed by atoms with Gasteiger partial charge in [0.1, 0.15) is 0 Å². The van der Waals surface area contributed by atoms with E-state index in [1.54, 1.807) is 12.3 Å². The summed E-state index contributed by atoms with van der Waals surface area (Å²) in [5.41, 5.74) is 0. The molecule has 2 N–H and O–H groups in total. The van der Waals surface area contributed by atoms with E-state index in [4.69, 9.17) is 9.84 Å². The first kappa shape index (κ1) is 14.2. The molecule has 0 bridgehead atoms. The van der Waals surface area contributed by atoms with Crippen LogP contribution < -0.4 is 10.1 Å². The van der Waals surface area contributed by atoms with Crippen molar-refractivity contribution in [3.8, 4) is 5.88 Å². The monoisotopic (exact) mass is 253 g/mol. The van der Waals surface area contributed by atoms with Gasteiger partial charge in [0.05, 0.1) is 12.0 Å². The van der Waals surface area contributed by atoms with Crippen molar-refractivity contribution in [1.29, 1.82) is 0 Å². The summed E-state index contributed by atoms with van der Waals surface area (Å²) in [6, 6.07) is 1.67. The lowest BCUT2D eigenvalue weighted by Gasteiger charge is -2.12. The molecule has 1 aromatic heterocycles. The number of carboxylic acids is 1. The third-order valence-electron chi connectivity index (χ3n) is 2.34. The molecule has 0 radical (unpaired) electrons. The Morgan fingerprint density at radius 1 is 1.56 bits per heavy atom. The molecule has 6 nitrogen and oxygen atoms in total.